The van der Waals surface area contributed by atoms with Crippen LogP contribution in [-0.2, 0) is 19.4 Å². The van der Waals surface area contributed by atoms with Crippen LogP contribution in [0.1, 0.15) is 23.6 Å². The summed E-state index contributed by atoms with van der Waals surface area (Å²) in [6.45, 7) is 0.704. The Morgan fingerprint density at radius 3 is 2.70 bits per heavy atom. The maximum Gasteiger partial charge on any atom is 0.137 e. The first-order valence-corrected chi connectivity index (χ1v) is 6.63. The molecule has 2 aromatic rings. The molecule has 1 aromatic carbocycles. The van der Waals surface area contributed by atoms with Gasteiger partial charge in [0.2, 0.25) is 0 Å². The molecule has 1 N–H and O–H groups in total. The first-order valence-electron chi connectivity index (χ1n) is 6.63. The van der Waals surface area contributed by atoms with Gasteiger partial charge in [-0.25, -0.2) is 8.78 Å². The number of hydrogen-bond donors (Lipinski definition) is 1. The monoisotopic (exact) mass is 279 g/mol. The molecule has 1 atom stereocenters. The number of aryl methyl sites for hydroxylation is 1. The summed E-state index contributed by atoms with van der Waals surface area (Å²) in [6, 6.07) is 3.82. The van der Waals surface area contributed by atoms with E-state index in [9.17, 15) is 13.9 Å². The van der Waals surface area contributed by atoms with E-state index < -0.39 is 11.6 Å². The standard InChI is InChI=1S/C14H15F2N3O/c15-11-2-1-3-12(16)10(11)6-14-18-17-13-5-4-9(8-20)7-19(13)14/h1-3,9,20H,4-8H2. The van der Waals surface area contributed by atoms with Crippen molar-refractivity contribution in [1.82, 2.24) is 14.8 Å². The summed E-state index contributed by atoms with van der Waals surface area (Å²) in [5.74, 6) is 0.375. The zero-order chi connectivity index (χ0) is 14.1. The average molecular weight is 279 g/mol. The molecular weight excluding hydrogens is 264 g/mol. The predicted octanol–water partition coefficient (Wildman–Crippen LogP) is 1.70. The summed E-state index contributed by atoms with van der Waals surface area (Å²) in [4.78, 5) is 0. The molecule has 6 heteroatoms. The molecular formula is C14H15F2N3O. The Morgan fingerprint density at radius 2 is 2.00 bits per heavy atom. The maximum atomic E-state index is 13.7. The molecule has 0 aliphatic carbocycles. The second kappa shape index (κ2) is 5.28. The van der Waals surface area contributed by atoms with Crippen molar-refractivity contribution in [1.29, 1.82) is 0 Å². The molecule has 0 radical (unpaired) electrons. The van der Waals surface area contributed by atoms with Crippen molar-refractivity contribution in [3.05, 3.63) is 47.0 Å². The van der Waals surface area contributed by atoms with E-state index in [2.05, 4.69) is 10.2 Å². The molecule has 1 unspecified atom stereocenters. The Morgan fingerprint density at radius 1 is 1.25 bits per heavy atom. The molecule has 2 heterocycles. The van der Waals surface area contributed by atoms with Gasteiger partial charge in [0.15, 0.2) is 0 Å². The smallest absolute Gasteiger partial charge is 0.137 e. The van der Waals surface area contributed by atoms with Crippen LogP contribution in [-0.4, -0.2) is 26.5 Å². The van der Waals surface area contributed by atoms with Crippen molar-refractivity contribution in [2.75, 3.05) is 6.61 Å². The number of aliphatic hydroxyl groups excluding tert-OH is 1. The van der Waals surface area contributed by atoms with Crippen LogP contribution < -0.4 is 0 Å². The fourth-order valence-electron chi connectivity index (χ4n) is 2.59. The minimum Gasteiger partial charge on any atom is -0.396 e. The van der Waals surface area contributed by atoms with Gasteiger partial charge in [0.25, 0.3) is 0 Å². The van der Waals surface area contributed by atoms with E-state index in [0.29, 0.717) is 12.4 Å². The largest absolute Gasteiger partial charge is 0.396 e. The second-order valence-electron chi connectivity index (χ2n) is 5.11. The number of hydrogen-bond acceptors (Lipinski definition) is 3. The number of aliphatic hydroxyl groups is 1. The van der Waals surface area contributed by atoms with Gasteiger partial charge < -0.3 is 9.67 Å². The van der Waals surface area contributed by atoms with Gasteiger partial charge in [-0.2, -0.15) is 0 Å². The molecule has 1 aliphatic heterocycles. The summed E-state index contributed by atoms with van der Waals surface area (Å²) < 4.78 is 29.2. The zero-order valence-corrected chi connectivity index (χ0v) is 10.9. The number of halogens is 2. The molecule has 1 aromatic heterocycles. The normalized spacial score (nSPS) is 18.1. The van der Waals surface area contributed by atoms with E-state index in [-0.39, 0.29) is 24.5 Å². The van der Waals surface area contributed by atoms with Gasteiger partial charge in [-0.15, -0.1) is 10.2 Å². The van der Waals surface area contributed by atoms with Crippen molar-refractivity contribution >= 4 is 0 Å². The Hall–Kier alpha value is -1.82. The molecule has 0 spiro atoms. The first-order chi connectivity index (χ1) is 9.69. The lowest BCUT2D eigenvalue weighted by Gasteiger charge is -2.22. The lowest BCUT2D eigenvalue weighted by atomic mass is 10.00. The Bertz CT molecular complexity index is 607. The van der Waals surface area contributed by atoms with Crippen LogP contribution in [0.5, 0.6) is 0 Å². The van der Waals surface area contributed by atoms with Gasteiger partial charge in [-0.3, -0.25) is 0 Å². The molecule has 20 heavy (non-hydrogen) atoms. The van der Waals surface area contributed by atoms with Gasteiger partial charge in [0.1, 0.15) is 23.3 Å². The molecule has 3 rings (SSSR count). The Kier molecular flexibility index (Phi) is 3.48. The summed E-state index contributed by atoms with van der Waals surface area (Å²) >= 11 is 0. The molecule has 1 aliphatic rings. The van der Waals surface area contributed by atoms with Crippen LogP contribution in [0.3, 0.4) is 0 Å². The minimum absolute atomic E-state index is 0.00817. The van der Waals surface area contributed by atoms with Gasteiger partial charge in [-0.05, 0) is 18.6 Å². The van der Waals surface area contributed by atoms with Gasteiger partial charge in [-0.1, -0.05) is 6.07 Å². The van der Waals surface area contributed by atoms with Crippen LogP contribution in [0.4, 0.5) is 8.78 Å². The molecule has 4 nitrogen and oxygen atoms in total. The first kappa shape index (κ1) is 13.2. The number of aromatic nitrogens is 3. The van der Waals surface area contributed by atoms with Crippen molar-refractivity contribution in [2.24, 2.45) is 5.92 Å². The van der Waals surface area contributed by atoms with Crippen LogP contribution in [0, 0.1) is 17.6 Å². The average Bonchev–Trinajstić information content (AvgIpc) is 2.85. The highest BCUT2D eigenvalue weighted by Gasteiger charge is 2.23. The SMILES string of the molecule is OCC1CCc2nnc(Cc3c(F)cccc3F)n2C1. The highest BCUT2D eigenvalue weighted by atomic mass is 19.1. The van der Waals surface area contributed by atoms with E-state index >= 15 is 0 Å². The third kappa shape index (κ3) is 2.31. The zero-order valence-electron chi connectivity index (χ0n) is 10.9. The fraction of sp³-hybridized carbons (Fsp3) is 0.429. The van der Waals surface area contributed by atoms with Crippen molar-refractivity contribution < 1.29 is 13.9 Å². The second-order valence-corrected chi connectivity index (χ2v) is 5.11. The van der Waals surface area contributed by atoms with Crippen LogP contribution in [0.15, 0.2) is 18.2 Å². The molecule has 0 bridgehead atoms. The molecule has 0 amide bonds. The van der Waals surface area contributed by atoms with E-state index in [1.165, 1.54) is 18.2 Å². The van der Waals surface area contributed by atoms with Crippen LogP contribution >= 0.6 is 0 Å². The fourth-order valence-corrected chi connectivity index (χ4v) is 2.59. The third-order valence-electron chi connectivity index (χ3n) is 3.78. The van der Waals surface area contributed by atoms with Crippen molar-refractivity contribution in [2.45, 2.75) is 25.8 Å². The van der Waals surface area contributed by atoms with E-state index in [1.54, 1.807) is 0 Å². The number of fused-ring (bicyclic) bond motifs is 1. The van der Waals surface area contributed by atoms with E-state index in [4.69, 9.17) is 0 Å². The van der Waals surface area contributed by atoms with Crippen LogP contribution in [0.25, 0.3) is 0 Å². The highest BCUT2D eigenvalue weighted by Crippen LogP contribution is 2.22. The van der Waals surface area contributed by atoms with Gasteiger partial charge in [0, 0.05) is 37.5 Å². The topological polar surface area (TPSA) is 50.9 Å². The van der Waals surface area contributed by atoms with Crippen molar-refractivity contribution in [3.8, 4) is 0 Å². The molecule has 106 valence electrons. The third-order valence-corrected chi connectivity index (χ3v) is 3.78. The highest BCUT2D eigenvalue weighted by molar-refractivity contribution is 5.23. The summed E-state index contributed by atoms with van der Waals surface area (Å²) in [5, 5.41) is 17.4. The van der Waals surface area contributed by atoms with E-state index in [0.717, 1.165) is 18.7 Å². The van der Waals surface area contributed by atoms with Gasteiger partial charge >= 0.3 is 0 Å². The lowest BCUT2D eigenvalue weighted by molar-refractivity contribution is 0.189. The Balaban J connectivity index is 1.91. The summed E-state index contributed by atoms with van der Waals surface area (Å²) in [7, 11) is 0. The number of rotatable bonds is 3. The Labute approximate surface area is 115 Å². The van der Waals surface area contributed by atoms with Crippen molar-refractivity contribution in [3.63, 3.8) is 0 Å². The van der Waals surface area contributed by atoms with E-state index in [1.807, 2.05) is 4.57 Å². The van der Waals surface area contributed by atoms with Crippen LogP contribution in [0.2, 0.25) is 0 Å². The van der Waals surface area contributed by atoms with Gasteiger partial charge in [0.05, 0.1) is 0 Å². The summed E-state index contributed by atoms with van der Waals surface area (Å²) in [6.07, 6.45) is 1.67. The summed E-state index contributed by atoms with van der Waals surface area (Å²) in [5.41, 5.74) is 0.00817. The lowest BCUT2D eigenvalue weighted by Crippen LogP contribution is -2.24. The number of nitrogens with zero attached hydrogens (tertiary/aromatic N) is 3. The minimum atomic E-state index is -0.572. The molecule has 0 fully saturated rings. The molecule has 0 saturated heterocycles. The predicted molar refractivity (Wildman–Crippen MR) is 68.1 cm³/mol. The molecule has 0 saturated carbocycles. The number of benzene rings is 1. The maximum absolute atomic E-state index is 13.7. The quantitative estimate of drug-likeness (QED) is 0.930.